The first-order valence-electron chi connectivity index (χ1n) is 4.95. The zero-order chi connectivity index (χ0) is 10.3. The zero-order valence-corrected chi connectivity index (χ0v) is 9.90. The maximum Gasteiger partial charge on any atom is 0.0907 e. The molecular formula is C12H15NS. The molecule has 0 saturated heterocycles. The van der Waals surface area contributed by atoms with Gasteiger partial charge < -0.3 is 0 Å². The van der Waals surface area contributed by atoms with E-state index in [1.54, 1.807) is 11.3 Å². The number of thiazole rings is 1. The summed E-state index contributed by atoms with van der Waals surface area (Å²) < 4.78 is 1.32. The van der Waals surface area contributed by atoms with Gasteiger partial charge in [0.15, 0.2) is 0 Å². The summed E-state index contributed by atoms with van der Waals surface area (Å²) in [6.07, 6.45) is 0. The van der Waals surface area contributed by atoms with Gasteiger partial charge in [0, 0.05) is 0 Å². The van der Waals surface area contributed by atoms with Gasteiger partial charge in [0.25, 0.3) is 0 Å². The number of fused-ring (bicyclic) bond motifs is 1. The van der Waals surface area contributed by atoms with Crippen LogP contribution in [0.2, 0.25) is 0 Å². The van der Waals surface area contributed by atoms with Crippen molar-refractivity contribution in [2.24, 2.45) is 0 Å². The summed E-state index contributed by atoms with van der Waals surface area (Å²) in [5.41, 5.74) is 3.95. The van der Waals surface area contributed by atoms with Crippen LogP contribution in [0.3, 0.4) is 0 Å². The Kier molecular flexibility index (Phi) is 2.31. The highest BCUT2D eigenvalue weighted by molar-refractivity contribution is 7.18. The first-order valence-corrected chi connectivity index (χ1v) is 5.77. The second-order valence-corrected chi connectivity index (χ2v) is 5.30. The van der Waals surface area contributed by atoms with Gasteiger partial charge in [-0.2, -0.15) is 0 Å². The fourth-order valence-corrected chi connectivity index (χ4v) is 2.69. The van der Waals surface area contributed by atoms with Gasteiger partial charge in [0.05, 0.1) is 15.2 Å². The van der Waals surface area contributed by atoms with Crippen molar-refractivity contribution in [1.29, 1.82) is 0 Å². The summed E-state index contributed by atoms with van der Waals surface area (Å²) in [5, 5.41) is 1.15. The lowest BCUT2D eigenvalue weighted by Gasteiger charge is -2.08. The molecule has 74 valence electrons. The average Bonchev–Trinajstić information content (AvgIpc) is 2.42. The highest BCUT2D eigenvalue weighted by Crippen LogP contribution is 2.28. The SMILES string of the molecule is Cc1nc2cc(C)c(C(C)C)cc2s1. The molecular weight excluding hydrogens is 190 g/mol. The second-order valence-electron chi connectivity index (χ2n) is 4.06. The van der Waals surface area contributed by atoms with Crippen LogP contribution in [0.4, 0.5) is 0 Å². The topological polar surface area (TPSA) is 12.9 Å². The van der Waals surface area contributed by atoms with Gasteiger partial charge in [-0.1, -0.05) is 13.8 Å². The third kappa shape index (κ3) is 1.55. The molecule has 0 atom stereocenters. The van der Waals surface area contributed by atoms with Crippen LogP contribution in [-0.4, -0.2) is 4.98 Å². The smallest absolute Gasteiger partial charge is 0.0907 e. The quantitative estimate of drug-likeness (QED) is 0.684. The fourth-order valence-electron chi connectivity index (χ4n) is 1.83. The molecule has 0 radical (unpaired) electrons. The highest BCUT2D eigenvalue weighted by atomic mass is 32.1. The molecule has 2 rings (SSSR count). The molecule has 0 aliphatic rings. The minimum absolute atomic E-state index is 0.599. The summed E-state index contributed by atoms with van der Waals surface area (Å²) in [7, 11) is 0. The van der Waals surface area contributed by atoms with Gasteiger partial charge in [-0.3, -0.25) is 0 Å². The lowest BCUT2D eigenvalue weighted by Crippen LogP contribution is -1.91. The van der Waals surface area contributed by atoms with Gasteiger partial charge >= 0.3 is 0 Å². The molecule has 1 aromatic heterocycles. The van der Waals surface area contributed by atoms with E-state index in [-0.39, 0.29) is 0 Å². The summed E-state index contributed by atoms with van der Waals surface area (Å²) in [5.74, 6) is 0.599. The van der Waals surface area contributed by atoms with Crippen molar-refractivity contribution < 1.29 is 0 Å². The molecule has 0 N–H and O–H groups in total. The number of aromatic nitrogens is 1. The van der Waals surface area contributed by atoms with Crippen LogP contribution in [0.1, 0.15) is 35.9 Å². The van der Waals surface area contributed by atoms with Crippen molar-refractivity contribution in [3.8, 4) is 0 Å². The number of rotatable bonds is 1. The predicted octanol–water partition coefficient (Wildman–Crippen LogP) is 4.04. The Hall–Kier alpha value is -0.890. The Balaban J connectivity index is 2.70. The van der Waals surface area contributed by atoms with E-state index < -0.39 is 0 Å². The normalized spacial score (nSPS) is 11.5. The Labute approximate surface area is 88.8 Å². The van der Waals surface area contributed by atoms with Crippen LogP contribution < -0.4 is 0 Å². The molecule has 0 spiro atoms. The first kappa shape index (κ1) is 9.66. The van der Waals surface area contributed by atoms with Gasteiger partial charge in [-0.25, -0.2) is 4.98 Å². The van der Waals surface area contributed by atoms with E-state index in [9.17, 15) is 0 Å². The zero-order valence-electron chi connectivity index (χ0n) is 9.09. The average molecular weight is 205 g/mol. The standard InChI is InChI=1S/C12H15NS/c1-7(2)10-6-12-11(5-8(10)3)13-9(4)14-12/h5-7H,1-4H3. The lowest BCUT2D eigenvalue weighted by molar-refractivity contribution is 0.859. The van der Waals surface area contributed by atoms with Gasteiger partial charge in [-0.15, -0.1) is 11.3 Å². The van der Waals surface area contributed by atoms with Crippen LogP contribution >= 0.6 is 11.3 Å². The third-order valence-corrected chi connectivity index (χ3v) is 3.44. The van der Waals surface area contributed by atoms with E-state index in [2.05, 4.69) is 44.8 Å². The van der Waals surface area contributed by atoms with Crippen LogP contribution in [0, 0.1) is 13.8 Å². The number of aryl methyl sites for hydroxylation is 2. The molecule has 1 aromatic carbocycles. The van der Waals surface area contributed by atoms with Gasteiger partial charge in [-0.05, 0) is 43.0 Å². The molecule has 1 heterocycles. The molecule has 2 aromatic rings. The molecule has 1 nitrogen and oxygen atoms in total. The van der Waals surface area contributed by atoms with Crippen LogP contribution in [0.5, 0.6) is 0 Å². The minimum atomic E-state index is 0.599. The molecule has 0 amide bonds. The molecule has 0 aliphatic heterocycles. The molecule has 2 heteroatoms. The van der Waals surface area contributed by atoms with E-state index in [0.717, 1.165) is 10.5 Å². The van der Waals surface area contributed by atoms with Crippen molar-refractivity contribution in [1.82, 2.24) is 4.98 Å². The van der Waals surface area contributed by atoms with Crippen molar-refractivity contribution >= 4 is 21.6 Å². The van der Waals surface area contributed by atoms with Gasteiger partial charge in [0.2, 0.25) is 0 Å². The molecule has 0 saturated carbocycles. The minimum Gasteiger partial charge on any atom is -0.242 e. The predicted molar refractivity (Wildman–Crippen MR) is 63.2 cm³/mol. The van der Waals surface area contributed by atoms with E-state index >= 15 is 0 Å². The van der Waals surface area contributed by atoms with Crippen molar-refractivity contribution in [2.45, 2.75) is 33.6 Å². The van der Waals surface area contributed by atoms with E-state index in [1.165, 1.54) is 15.8 Å². The van der Waals surface area contributed by atoms with E-state index in [1.807, 2.05) is 0 Å². The maximum atomic E-state index is 4.49. The summed E-state index contributed by atoms with van der Waals surface area (Å²) in [6.45, 7) is 8.71. The molecule has 0 aliphatic carbocycles. The van der Waals surface area contributed by atoms with Crippen molar-refractivity contribution in [3.63, 3.8) is 0 Å². The molecule has 14 heavy (non-hydrogen) atoms. The first-order chi connectivity index (χ1) is 6.58. The Morgan fingerprint density at radius 1 is 1.21 bits per heavy atom. The Morgan fingerprint density at radius 2 is 1.93 bits per heavy atom. The summed E-state index contributed by atoms with van der Waals surface area (Å²) in [4.78, 5) is 4.49. The molecule has 0 bridgehead atoms. The number of nitrogens with zero attached hydrogens (tertiary/aromatic N) is 1. The second kappa shape index (κ2) is 3.35. The van der Waals surface area contributed by atoms with Crippen molar-refractivity contribution in [2.75, 3.05) is 0 Å². The van der Waals surface area contributed by atoms with E-state index in [4.69, 9.17) is 0 Å². The van der Waals surface area contributed by atoms with Crippen molar-refractivity contribution in [3.05, 3.63) is 28.3 Å². The van der Waals surface area contributed by atoms with Crippen LogP contribution in [-0.2, 0) is 0 Å². The van der Waals surface area contributed by atoms with Crippen LogP contribution in [0.15, 0.2) is 12.1 Å². The van der Waals surface area contributed by atoms with E-state index in [0.29, 0.717) is 5.92 Å². The third-order valence-electron chi connectivity index (χ3n) is 2.51. The summed E-state index contributed by atoms with van der Waals surface area (Å²) >= 11 is 1.78. The molecule has 0 unspecified atom stereocenters. The number of hydrogen-bond acceptors (Lipinski definition) is 2. The summed E-state index contributed by atoms with van der Waals surface area (Å²) in [6, 6.07) is 4.49. The largest absolute Gasteiger partial charge is 0.242 e. The fraction of sp³-hybridized carbons (Fsp3) is 0.417. The van der Waals surface area contributed by atoms with Gasteiger partial charge in [0.1, 0.15) is 0 Å². The Bertz CT molecular complexity index is 468. The maximum absolute atomic E-state index is 4.49. The Morgan fingerprint density at radius 3 is 2.57 bits per heavy atom. The monoisotopic (exact) mass is 205 g/mol. The number of hydrogen-bond donors (Lipinski definition) is 0. The lowest BCUT2D eigenvalue weighted by atomic mass is 9.98. The highest BCUT2D eigenvalue weighted by Gasteiger charge is 2.07. The molecule has 0 fully saturated rings. The number of benzene rings is 1. The van der Waals surface area contributed by atoms with Crippen LogP contribution in [0.25, 0.3) is 10.2 Å².